The number of carbonyl (C=O) groups excluding carboxylic acids is 1. The van der Waals surface area contributed by atoms with Crippen LogP contribution in [-0.4, -0.2) is 60.2 Å². The molecule has 1 saturated heterocycles. The molecule has 1 amide bonds. The first-order chi connectivity index (χ1) is 15.1. The van der Waals surface area contributed by atoms with E-state index in [0.29, 0.717) is 11.3 Å². The van der Waals surface area contributed by atoms with Crippen molar-refractivity contribution in [3.63, 3.8) is 0 Å². The van der Waals surface area contributed by atoms with Crippen LogP contribution in [0.15, 0.2) is 42.7 Å². The molecular weight excluding hydrogens is 394 g/mol. The van der Waals surface area contributed by atoms with E-state index in [2.05, 4.69) is 39.2 Å². The molecule has 0 unspecified atom stereocenters. The molecule has 4 rings (SSSR count). The number of morpholine rings is 1. The summed E-state index contributed by atoms with van der Waals surface area (Å²) in [6, 6.07) is 9.45. The number of hydrogen-bond acceptors (Lipinski definition) is 6. The number of primary amides is 1. The highest BCUT2D eigenvalue weighted by atomic mass is 16.5. The fourth-order valence-corrected chi connectivity index (χ4v) is 3.53. The second kappa shape index (κ2) is 9.43. The molecule has 0 radical (unpaired) electrons. The summed E-state index contributed by atoms with van der Waals surface area (Å²) >= 11 is 0. The Morgan fingerprint density at radius 3 is 2.97 bits per heavy atom. The lowest BCUT2D eigenvalue weighted by Crippen LogP contribution is -2.36. The summed E-state index contributed by atoms with van der Waals surface area (Å²) < 4.78 is 10.7. The summed E-state index contributed by atoms with van der Waals surface area (Å²) in [4.78, 5) is 21.0. The van der Waals surface area contributed by atoms with Gasteiger partial charge in [-0.1, -0.05) is 18.2 Å². The number of carbonyl (C=O) groups is 1. The van der Waals surface area contributed by atoms with Gasteiger partial charge in [0, 0.05) is 43.0 Å². The number of aromatic nitrogens is 2. The van der Waals surface area contributed by atoms with E-state index in [1.165, 1.54) is 0 Å². The Kier molecular flexibility index (Phi) is 6.26. The maximum atomic E-state index is 11.0. The number of pyridine rings is 1. The lowest BCUT2D eigenvalue weighted by Gasteiger charge is -2.25. The third-order valence-corrected chi connectivity index (χ3v) is 5.11. The van der Waals surface area contributed by atoms with Crippen molar-refractivity contribution in [2.24, 2.45) is 5.73 Å². The lowest BCUT2D eigenvalue weighted by molar-refractivity contribution is -0.119. The Bertz CT molecular complexity index is 1160. The van der Waals surface area contributed by atoms with E-state index in [0.717, 1.165) is 60.6 Å². The lowest BCUT2D eigenvalue weighted by atomic mass is 10.0. The van der Waals surface area contributed by atoms with Crippen LogP contribution in [0.25, 0.3) is 28.2 Å². The maximum Gasteiger partial charge on any atom is 0.255 e. The molecule has 31 heavy (non-hydrogen) atoms. The van der Waals surface area contributed by atoms with Crippen LogP contribution >= 0.6 is 0 Å². The quantitative estimate of drug-likeness (QED) is 0.609. The standard InChI is InChI=1S/C23H23N5O3/c24-12-18-11-17(3-4-21(18)31-15-22(25)29)20-14-27-23-19(20)10-16(13-26-23)2-1-5-28-6-8-30-9-7-28/h1-4,10-11,13-14H,5-9,15H2,(H2,25,29)(H,26,27). The number of aromatic amines is 1. The molecule has 1 aliphatic rings. The third-order valence-electron chi connectivity index (χ3n) is 5.11. The fraction of sp³-hybridized carbons (Fsp3) is 0.261. The van der Waals surface area contributed by atoms with E-state index < -0.39 is 5.91 Å². The molecule has 0 bridgehead atoms. The van der Waals surface area contributed by atoms with Crippen molar-refractivity contribution in [2.45, 2.75) is 0 Å². The summed E-state index contributed by atoms with van der Waals surface area (Å²) in [7, 11) is 0. The minimum atomic E-state index is -0.593. The molecule has 2 aromatic heterocycles. The van der Waals surface area contributed by atoms with Gasteiger partial charge in [-0.2, -0.15) is 5.26 Å². The number of ether oxygens (including phenoxy) is 2. The molecule has 3 aromatic rings. The second-order valence-corrected chi connectivity index (χ2v) is 7.26. The van der Waals surface area contributed by atoms with Gasteiger partial charge in [-0.15, -0.1) is 0 Å². The number of nitriles is 1. The average molecular weight is 417 g/mol. The van der Waals surface area contributed by atoms with Gasteiger partial charge >= 0.3 is 0 Å². The Balaban J connectivity index is 1.57. The zero-order valence-corrected chi connectivity index (χ0v) is 17.0. The van der Waals surface area contributed by atoms with Crippen LogP contribution in [0.4, 0.5) is 0 Å². The number of benzene rings is 1. The number of nitrogens with two attached hydrogens (primary N) is 1. The number of nitrogens with zero attached hydrogens (tertiary/aromatic N) is 3. The smallest absolute Gasteiger partial charge is 0.255 e. The van der Waals surface area contributed by atoms with Crippen molar-refractivity contribution in [1.29, 1.82) is 5.26 Å². The number of hydrogen-bond donors (Lipinski definition) is 2. The number of H-pyrrole nitrogens is 1. The van der Waals surface area contributed by atoms with Gasteiger partial charge < -0.3 is 20.2 Å². The van der Waals surface area contributed by atoms with Gasteiger partial charge in [-0.05, 0) is 29.3 Å². The Labute approximate surface area is 179 Å². The molecule has 1 aliphatic heterocycles. The van der Waals surface area contributed by atoms with Crippen LogP contribution in [0.5, 0.6) is 5.75 Å². The highest BCUT2D eigenvalue weighted by Gasteiger charge is 2.12. The average Bonchev–Trinajstić information content (AvgIpc) is 3.21. The summed E-state index contributed by atoms with van der Waals surface area (Å²) in [5.74, 6) is -0.264. The minimum Gasteiger partial charge on any atom is -0.482 e. The Morgan fingerprint density at radius 2 is 2.19 bits per heavy atom. The first kappa shape index (κ1) is 20.6. The summed E-state index contributed by atoms with van der Waals surface area (Å²) in [6.07, 6.45) is 7.92. The highest BCUT2D eigenvalue weighted by Crippen LogP contribution is 2.31. The van der Waals surface area contributed by atoms with Gasteiger partial charge in [0.2, 0.25) is 0 Å². The van der Waals surface area contributed by atoms with Crippen LogP contribution in [-0.2, 0) is 9.53 Å². The molecule has 3 heterocycles. The molecule has 158 valence electrons. The molecule has 8 heteroatoms. The first-order valence-corrected chi connectivity index (χ1v) is 10.0. The van der Waals surface area contributed by atoms with Crippen LogP contribution in [0.1, 0.15) is 11.1 Å². The van der Waals surface area contributed by atoms with Crippen LogP contribution in [0.3, 0.4) is 0 Å². The van der Waals surface area contributed by atoms with Crippen molar-refractivity contribution in [1.82, 2.24) is 14.9 Å². The Hall–Kier alpha value is -3.67. The molecule has 0 saturated carbocycles. The van der Waals surface area contributed by atoms with E-state index in [1.807, 2.05) is 18.5 Å². The largest absolute Gasteiger partial charge is 0.482 e. The molecule has 0 spiro atoms. The number of amides is 1. The molecule has 3 N–H and O–H groups in total. The minimum absolute atomic E-state index is 0.273. The normalized spacial score (nSPS) is 14.7. The SMILES string of the molecule is N#Cc1cc(-c2c[nH]c3ncc(C=CCN4CCOCC4)cc23)ccc1OCC(N)=O. The van der Waals surface area contributed by atoms with E-state index in [9.17, 15) is 10.1 Å². The van der Waals surface area contributed by atoms with E-state index in [-0.39, 0.29) is 6.61 Å². The molecule has 8 nitrogen and oxygen atoms in total. The van der Waals surface area contributed by atoms with E-state index >= 15 is 0 Å². The van der Waals surface area contributed by atoms with E-state index in [1.54, 1.807) is 12.1 Å². The van der Waals surface area contributed by atoms with Crippen LogP contribution in [0.2, 0.25) is 0 Å². The van der Waals surface area contributed by atoms with Gasteiger partial charge in [0.1, 0.15) is 17.5 Å². The van der Waals surface area contributed by atoms with Crippen molar-refractivity contribution in [3.8, 4) is 22.9 Å². The summed E-state index contributed by atoms with van der Waals surface area (Å²) in [5, 5.41) is 10.4. The molecular formula is C23H23N5O3. The van der Waals surface area contributed by atoms with Crippen molar-refractivity contribution >= 4 is 23.0 Å². The number of rotatable bonds is 7. The van der Waals surface area contributed by atoms with Gasteiger partial charge in [0.15, 0.2) is 6.61 Å². The monoisotopic (exact) mass is 417 g/mol. The second-order valence-electron chi connectivity index (χ2n) is 7.26. The van der Waals surface area contributed by atoms with Crippen molar-refractivity contribution < 1.29 is 14.3 Å². The topological polar surface area (TPSA) is 117 Å². The predicted molar refractivity (Wildman–Crippen MR) is 117 cm³/mol. The maximum absolute atomic E-state index is 11.0. The number of nitrogens with one attached hydrogen (secondary N) is 1. The zero-order chi connectivity index (χ0) is 21.6. The van der Waals surface area contributed by atoms with Crippen molar-refractivity contribution in [2.75, 3.05) is 39.5 Å². The predicted octanol–water partition coefficient (Wildman–Crippen LogP) is 2.31. The highest BCUT2D eigenvalue weighted by molar-refractivity contribution is 5.95. The molecule has 1 aromatic carbocycles. The Morgan fingerprint density at radius 1 is 1.35 bits per heavy atom. The van der Waals surface area contributed by atoms with Gasteiger partial charge in [-0.3, -0.25) is 9.69 Å². The van der Waals surface area contributed by atoms with Crippen LogP contribution in [0, 0.1) is 11.3 Å². The first-order valence-electron chi connectivity index (χ1n) is 10.0. The molecule has 0 atom stereocenters. The van der Waals surface area contributed by atoms with E-state index in [4.69, 9.17) is 15.2 Å². The number of fused-ring (bicyclic) bond motifs is 1. The fourth-order valence-electron chi connectivity index (χ4n) is 3.53. The summed E-state index contributed by atoms with van der Waals surface area (Å²) in [6.45, 7) is 4.06. The van der Waals surface area contributed by atoms with Gasteiger partial charge in [-0.25, -0.2) is 4.98 Å². The summed E-state index contributed by atoms with van der Waals surface area (Å²) in [5.41, 5.74) is 9.02. The zero-order valence-electron chi connectivity index (χ0n) is 17.0. The molecule has 0 aliphatic carbocycles. The third kappa shape index (κ3) is 4.91. The molecule has 1 fully saturated rings. The van der Waals surface area contributed by atoms with Gasteiger partial charge in [0.25, 0.3) is 5.91 Å². The van der Waals surface area contributed by atoms with Gasteiger partial charge in [0.05, 0.1) is 18.8 Å². The van der Waals surface area contributed by atoms with Crippen LogP contribution < -0.4 is 10.5 Å². The van der Waals surface area contributed by atoms with Crippen molar-refractivity contribution in [3.05, 3.63) is 53.9 Å².